The third kappa shape index (κ3) is 2.12. The topological polar surface area (TPSA) is 73.6 Å². The molecule has 1 aliphatic heterocycles. The Kier molecular flexibility index (Phi) is 2.63. The second-order valence-corrected chi connectivity index (χ2v) is 4.26. The number of carboxylic acids is 1. The predicted octanol–water partition coefficient (Wildman–Crippen LogP) is 1.54. The fourth-order valence-corrected chi connectivity index (χ4v) is 2.07. The van der Waals surface area contributed by atoms with Gasteiger partial charge in [0.05, 0.1) is 17.8 Å². The maximum atomic E-state index is 10.7. The lowest BCUT2D eigenvalue weighted by atomic mass is 10.2. The van der Waals surface area contributed by atoms with E-state index in [0.717, 1.165) is 11.5 Å². The zero-order valence-electron chi connectivity index (χ0n) is 10.3. The highest BCUT2D eigenvalue weighted by Crippen LogP contribution is 2.33. The predicted molar refractivity (Wildman–Crippen MR) is 65.8 cm³/mol. The summed E-state index contributed by atoms with van der Waals surface area (Å²) in [5, 5.41) is 8.78. The number of aromatic nitrogens is 2. The van der Waals surface area contributed by atoms with Crippen LogP contribution in [0.3, 0.4) is 0 Å². The molecule has 98 valence electrons. The first-order chi connectivity index (χ1) is 9.13. The first-order valence-corrected chi connectivity index (χ1v) is 5.80. The molecule has 0 unspecified atom stereocenters. The summed E-state index contributed by atoms with van der Waals surface area (Å²) in [7, 11) is 0. The van der Waals surface area contributed by atoms with Gasteiger partial charge in [-0.2, -0.15) is 0 Å². The molecule has 1 aromatic carbocycles. The molecule has 2 heterocycles. The number of nitrogens with zero attached hydrogens (tertiary/aromatic N) is 2. The molecular formula is C13H12N2O4. The Morgan fingerprint density at radius 2 is 2.21 bits per heavy atom. The van der Waals surface area contributed by atoms with Crippen LogP contribution in [0.25, 0.3) is 5.69 Å². The van der Waals surface area contributed by atoms with E-state index in [9.17, 15) is 4.79 Å². The van der Waals surface area contributed by atoms with Gasteiger partial charge < -0.3 is 19.1 Å². The highest BCUT2D eigenvalue weighted by molar-refractivity contribution is 5.69. The normalized spacial score (nSPS) is 12.7. The van der Waals surface area contributed by atoms with Crippen molar-refractivity contribution in [3.8, 4) is 17.2 Å². The van der Waals surface area contributed by atoms with Gasteiger partial charge in [-0.05, 0) is 19.1 Å². The van der Waals surface area contributed by atoms with Crippen molar-refractivity contribution in [2.75, 3.05) is 6.79 Å². The molecule has 2 aromatic rings. The van der Waals surface area contributed by atoms with Gasteiger partial charge in [0, 0.05) is 12.3 Å². The highest BCUT2D eigenvalue weighted by Gasteiger charge is 2.15. The molecular weight excluding hydrogens is 248 g/mol. The van der Waals surface area contributed by atoms with Crippen LogP contribution in [0.1, 0.15) is 11.5 Å². The van der Waals surface area contributed by atoms with Gasteiger partial charge in [-0.25, -0.2) is 4.98 Å². The molecule has 0 saturated carbocycles. The van der Waals surface area contributed by atoms with Crippen molar-refractivity contribution in [2.24, 2.45) is 0 Å². The fraction of sp³-hybridized carbons (Fsp3) is 0.231. The van der Waals surface area contributed by atoms with E-state index in [1.165, 1.54) is 0 Å². The number of imidazole rings is 1. The molecule has 1 aliphatic rings. The summed E-state index contributed by atoms with van der Waals surface area (Å²) in [6, 6.07) is 5.56. The SMILES string of the molecule is Cc1nc(CC(=O)O)cn1-c1ccc2c(c1)OCO2. The monoisotopic (exact) mass is 260 g/mol. The van der Waals surface area contributed by atoms with Crippen LogP contribution in [0.5, 0.6) is 11.5 Å². The quantitative estimate of drug-likeness (QED) is 0.906. The fourth-order valence-electron chi connectivity index (χ4n) is 2.07. The average Bonchev–Trinajstić information content (AvgIpc) is 2.93. The molecule has 0 saturated heterocycles. The molecule has 3 rings (SSSR count). The molecule has 6 heteroatoms. The zero-order valence-corrected chi connectivity index (χ0v) is 10.3. The number of fused-ring (bicyclic) bond motifs is 1. The molecule has 0 fully saturated rings. The van der Waals surface area contributed by atoms with E-state index in [0.29, 0.717) is 17.2 Å². The average molecular weight is 260 g/mol. The molecule has 1 N–H and O–H groups in total. The number of benzene rings is 1. The van der Waals surface area contributed by atoms with Crippen LogP contribution in [-0.2, 0) is 11.2 Å². The molecule has 0 radical (unpaired) electrons. The summed E-state index contributed by atoms with van der Waals surface area (Å²) in [6.07, 6.45) is 1.64. The molecule has 19 heavy (non-hydrogen) atoms. The lowest BCUT2D eigenvalue weighted by molar-refractivity contribution is -0.136. The van der Waals surface area contributed by atoms with Crippen molar-refractivity contribution < 1.29 is 19.4 Å². The molecule has 0 aliphatic carbocycles. The number of hydrogen-bond acceptors (Lipinski definition) is 4. The first kappa shape index (κ1) is 11.6. The Balaban J connectivity index is 1.97. The van der Waals surface area contributed by atoms with Crippen molar-refractivity contribution >= 4 is 5.97 Å². The third-order valence-electron chi connectivity index (χ3n) is 2.90. The summed E-state index contributed by atoms with van der Waals surface area (Å²) < 4.78 is 12.4. The standard InChI is InChI=1S/C13H12N2O4/c1-8-14-9(4-13(16)17)6-15(8)10-2-3-11-12(5-10)19-7-18-11/h2-3,5-6H,4,7H2,1H3,(H,16,17). The number of hydrogen-bond donors (Lipinski definition) is 1. The minimum absolute atomic E-state index is 0.0849. The van der Waals surface area contributed by atoms with E-state index in [-0.39, 0.29) is 13.2 Å². The first-order valence-electron chi connectivity index (χ1n) is 5.80. The molecule has 0 atom stereocenters. The molecule has 6 nitrogen and oxygen atoms in total. The number of aryl methyl sites for hydroxylation is 1. The van der Waals surface area contributed by atoms with Gasteiger partial charge in [-0.1, -0.05) is 0 Å². The molecule has 0 spiro atoms. The smallest absolute Gasteiger partial charge is 0.309 e. The van der Waals surface area contributed by atoms with Gasteiger partial charge >= 0.3 is 5.97 Å². The van der Waals surface area contributed by atoms with Crippen LogP contribution >= 0.6 is 0 Å². The van der Waals surface area contributed by atoms with Crippen molar-refractivity contribution in [2.45, 2.75) is 13.3 Å². The van der Waals surface area contributed by atoms with Gasteiger partial charge in [-0.3, -0.25) is 4.79 Å². The van der Waals surface area contributed by atoms with E-state index in [1.807, 2.05) is 29.7 Å². The van der Waals surface area contributed by atoms with E-state index >= 15 is 0 Å². The van der Waals surface area contributed by atoms with Gasteiger partial charge in [0.2, 0.25) is 6.79 Å². The summed E-state index contributed by atoms with van der Waals surface area (Å²) >= 11 is 0. The van der Waals surface area contributed by atoms with Gasteiger partial charge in [0.1, 0.15) is 5.82 Å². The minimum Gasteiger partial charge on any atom is -0.481 e. The highest BCUT2D eigenvalue weighted by atomic mass is 16.7. The van der Waals surface area contributed by atoms with Crippen LogP contribution in [-0.4, -0.2) is 27.4 Å². The van der Waals surface area contributed by atoms with Crippen LogP contribution in [0.15, 0.2) is 24.4 Å². The Labute approximate surface area is 109 Å². The molecule has 1 aromatic heterocycles. The van der Waals surface area contributed by atoms with Crippen molar-refractivity contribution in [1.82, 2.24) is 9.55 Å². The summed E-state index contributed by atoms with van der Waals surface area (Å²) in [4.78, 5) is 14.9. The van der Waals surface area contributed by atoms with Crippen LogP contribution in [0.4, 0.5) is 0 Å². The minimum atomic E-state index is -0.893. The Hall–Kier alpha value is -2.50. The van der Waals surface area contributed by atoms with Crippen LogP contribution in [0.2, 0.25) is 0 Å². The Bertz CT molecular complexity index is 648. The number of aliphatic carboxylic acids is 1. The third-order valence-corrected chi connectivity index (χ3v) is 2.90. The second-order valence-electron chi connectivity index (χ2n) is 4.26. The maximum absolute atomic E-state index is 10.7. The van der Waals surface area contributed by atoms with Crippen molar-refractivity contribution in [3.05, 3.63) is 35.9 Å². The number of carbonyl (C=O) groups is 1. The lowest BCUT2D eigenvalue weighted by Crippen LogP contribution is -1.99. The largest absolute Gasteiger partial charge is 0.481 e. The van der Waals surface area contributed by atoms with E-state index in [4.69, 9.17) is 14.6 Å². The summed E-state index contributed by atoms with van der Waals surface area (Å²) in [5.41, 5.74) is 1.40. The van der Waals surface area contributed by atoms with Crippen molar-refractivity contribution in [1.29, 1.82) is 0 Å². The van der Waals surface area contributed by atoms with E-state index in [1.54, 1.807) is 6.20 Å². The molecule has 0 amide bonds. The van der Waals surface area contributed by atoms with Gasteiger partial charge in [0.15, 0.2) is 11.5 Å². The van der Waals surface area contributed by atoms with Crippen molar-refractivity contribution in [3.63, 3.8) is 0 Å². The number of rotatable bonds is 3. The van der Waals surface area contributed by atoms with Gasteiger partial charge in [0.25, 0.3) is 0 Å². The number of ether oxygens (including phenoxy) is 2. The summed E-state index contributed by atoms with van der Waals surface area (Å²) in [6.45, 7) is 2.06. The second kappa shape index (κ2) is 4.31. The van der Waals surface area contributed by atoms with E-state index < -0.39 is 5.97 Å². The zero-order chi connectivity index (χ0) is 13.4. The van der Waals surface area contributed by atoms with Crippen LogP contribution < -0.4 is 9.47 Å². The summed E-state index contributed by atoms with van der Waals surface area (Å²) in [5.74, 6) is 1.24. The lowest BCUT2D eigenvalue weighted by Gasteiger charge is -2.05. The number of carboxylic acid groups (broad SMARTS) is 1. The maximum Gasteiger partial charge on any atom is 0.309 e. The van der Waals surface area contributed by atoms with E-state index in [2.05, 4.69) is 4.98 Å². The molecule has 0 bridgehead atoms. The Morgan fingerprint density at radius 1 is 1.42 bits per heavy atom. The van der Waals surface area contributed by atoms with Crippen LogP contribution in [0, 0.1) is 6.92 Å². The van der Waals surface area contributed by atoms with Gasteiger partial charge in [-0.15, -0.1) is 0 Å². The Morgan fingerprint density at radius 3 is 3.00 bits per heavy atom.